The minimum Gasteiger partial charge on any atom is -0.386 e. The summed E-state index contributed by atoms with van der Waals surface area (Å²) in [5.74, 6) is 0. The van der Waals surface area contributed by atoms with Crippen molar-refractivity contribution >= 4 is 26.6 Å². The van der Waals surface area contributed by atoms with Crippen LogP contribution in [0.25, 0.3) is 10.9 Å². The lowest BCUT2D eigenvalue weighted by Gasteiger charge is -2.10. The number of nitrogens with two attached hydrogens (primary N) is 1. The Morgan fingerprint density at radius 2 is 2.06 bits per heavy atom. The van der Waals surface area contributed by atoms with Crippen LogP contribution in [0.1, 0.15) is 5.56 Å². The summed E-state index contributed by atoms with van der Waals surface area (Å²) in [6, 6.07) is 5.62. The van der Waals surface area contributed by atoms with Gasteiger partial charge in [-0.1, -0.05) is 12.1 Å². The molecule has 17 heavy (non-hydrogen) atoms. The summed E-state index contributed by atoms with van der Waals surface area (Å²) in [6.07, 6.45) is 1.28. The second-order valence-electron chi connectivity index (χ2n) is 3.81. The minimum atomic E-state index is -3.77. The second-order valence-corrected chi connectivity index (χ2v) is 5.34. The molecule has 0 amide bonds. The van der Waals surface area contributed by atoms with Crippen molar-refractivity contribution in [3.63, 3.8) is 0 Å². The van der Waals surface area contributed by atoms with Gasteiger partial charge in [0.25, 0.3) is 0 Å². The van der Waals surface area contributed by atoms with Crippen molar-refractivity contribution in [2.24, 2.45) is 5.14 Å². The molecule has 0 saturated carbocycles. The van der Waals surface area contributed by atoms with Crippen molar-refractivity contribution in [3.8, 4) is 0 Å². The molecule has 0 spiro atoms. The zero-order valence-corrected chi connectivity index (χ0v) is 10.4. The summed E-state index contributed by atoms with van der Waals surface area (Å²) >= 11 is 0. The van der Waals surface area contributed by atoms with Crippen LogP contribution in [0.2, 0.25) is 0 Å². The number of fused-ring (bicyclic) bond motifs is 1. The number of aromatic nitrogens is 1. The number of sulfonamides is 1. The molecule has 0 fully saturated rings. The van der Waals surface area contributed by atoms with Crippen LogP contribution in [0.3, 0.4) is 0 Å². The molecule has 0 atom stereocenters. The Bertz CT molecular complexity index is 680. The fourth-order valence-electron chi connectivity index (χ4n) is 1.76. The number of benzene rings is 1. The van der Waals surface area contributed by atoms with Crippen LogP contribution in [0.4, 0.5) is 5.69 Å². The van der Waals surface area contributed by atoms with E-state index in [2.05, 4.69) is 10.3 Å². The van der Waals surface area contributed by atoms with Crippen molar-refractivity contribution < 1.29 is 8.42 Å². The summed E-state index contributed by atoms with van der Waals surface area (Å²) in [5, 5.41) is 8.75. The van der Waals surface area contributed by atoms with Gasteiger partial charge in [-0.3, -0.25) is 4.98 Å². The quantitative estimate of drug-likeness (QED) is 0.840. The van der Waals surface area contributed by atoms with E-state index in [1.54, 1.807) is 7.05 Å². The van der Waals surface area contributed by atoms with E-state index < -0.39 is 10.0 Å². The lowest BCUT2D eigenvalue weighted by molar-refractivity contribution is 0.598. The summed E-state index contributed by atoms with van der Waals surface area (Å²) in [6.45, 7) is 1.95. The Morgan fingerprint density at radius 1 is 1.35 bits per heavy atom. The van der Waals surface area contributed by atoms with Crippen molar-refractivity contribution in [3.05, 3.63) is 30.0 Å². The van der Waals surface area contributed by atoms with Gasteiger partial charge in [0, 0.05) is 18.6 Å². The third-order valence-electron chi connectivity index (χ3n) is 2.55. The summed E-state index contributed by atoms with van der Waals surface area (Å²) < 4.78 is 22.8. The minimum absolute atomic E-state index is 0.0105. The van der Waals surface area contributed by atoms with Gasteiger partial charge in [0.2, 0.25) is 10.0 Å². The predicted molar refractivity (Wildman–Crippen MR) is 67.4 cm³/mol. The van der Waals surface area contributed by atoms with Crippen molar-refractivity contribution in [2.75, 3.05) is 12.4 Å². The van der Waals surface area contributed by atoms with Crippen LogP contribution < -0.4 is 10.5 Å². The smallest absolute Gasteiger partial charge is 0.241 e. The molecule has 5 nitrogen and oxygen atoms in total. The van der Waals surface area contributed by atoms with Gasteiger partial charge in [-0.2, -0.15) is 0 Å². The highest BCUT2D eigenvalue weighted by Gasteiger charge is 2.16. The number of primary sulfonamides is 1. The largest absolute Gasteiger partial charge is 0.386 e. The molecule has 90 valence electrons. The van der Waals surface area contributed by atoms with Crippen molar-refractivity contribution in [1.82, 2.24) is 4.98 Å². The SMILES string of the molecule is CNc1c(S(N)(=O)=O)cnc2cc(C)ccc12. The van der Waals surface area contributed by atoms with E-state index in [0.717, 1.165) is 16.5 Å². The molecule has 3 N–H and O–H groups in total. The zero-order valence-electron chi connectivity index (χ0n) is 9.56. The highest BCUT2D eigenvalue weighted by molar-refractivity contribution is 7.89. The molecular formula is C11H13N3O2S. The van der Waals surface area contributed by atoms with Gasteiger partial charge in [0.1, 0.15) is 4.90 Å². The molecule has 0 aliphatic heterocycles. The number of anilines is 1. The Morgan fingerprint density at radius 3 is 2.65 bits per heavy atom. The van der Waals surface area contributed by atoms with Crippen molar-refractivity contribution in [2.45, 2.75) is 11.8 Å². The maximum atomic E-state index is 11.4. The molecule has 0 unspecified atom stereocenters. The average molecular weight is 251 g/mol. The Labute approximate surface area is 99.7 Å². The first-order chi connectivity index (χ1) is 7.93. The first kappa shape index (κ1) is 11.8. The van der Waals surface area contributed by atoms with Crippen LogP contribution in [-0.2, 0) is 10.0 Å². The summed E-state index contributed by atoms with van der Waals surface area (Å²) in [4.78, 5) is 4.13. The summed E-state index contributed by atoms with van der Waals surface area (Å²) in [7, 11) is -2.12. The molecule has 0 aliphatic carbocycles. The molecule has 2 aromatic rings. The fourth-order valence-corrected chi connectivity index (χ4v) is 2.46. The maximum absolute atomic E-state index is 11.4. The third-order valence-corrected chi connectivity index (χ3v) is 3.47. The first-order valence-corrected chi connectivity index (χ1v) is 6.58. The Hall–Kier alpha value is -1.66. The standard InChI is InChI=1S/C11H13N3O2S/c1-7-3-4-8-9(5-7)14-6-10(11(8)13-2)17(12,15)16/h3-6H,1-2H3,(H,13,14)(H2,12,15,16). The predicted octanol–water partition coefficient (Wildman–Crippen LogP) is 1.23. The van der Waals surface area contributed by atoms with Gasteiger partial charge in [-0.15, -0.1) is 0 Å². The van der Waals surface area contributed by atoms with E-state index in [0.29, 0.717) is 5.69 Å². The van der Waals surface area contributed by atoms with Gasteiger partial charge in [0.15, 0.2) is 0 Å². The van der Waals surface area contributed by atoms with Crippen LogP contribution >= 0.6 is 0 Å². The van der Waals surface area contributed by atoms with Gasteiger partial charge in [-0.25, -0.2) is 13.6 Å². The van der Waals surface area contributed by atoms with Crippen LogP contribution in [0.15, 0.2) is 29.3 Å². The Kier molecular flexibility index (Phi) is 2.76. The number of hydrogen-bond donors (Lipinski definition) is 2. The van der Waals surface area contributed by atoms with E-state index in [-0.39, 0.29) is 4.90 Å². The number of nitrogens with one attached hydrogen (secondary N) is 1. The fraction of sp³-hybridized carbons (Fsp3) is 0.182. The molecule has 2 rings (SSSR count). The number of rotatable bonds is 2. The molecule has 1 aromatic carbocycles. The van der Waals surface area contributed by atoms with E-state index in [4.69, 9.17) is 5.14 Å². The highest BCUT2D eigenvalue weighted by atomic mass is 32.2. The molecule has 1 heterocycles. The molecule has 1 aromatic heterocycles. The average Bonchev–Trinajstić information content (AvgIpc) is 2.25. The van der Waals surface area contributed by atoms with Gasteiger partial charge < -0.3 is 5.32 Å². The lowest BCUT2D eigenvalue weighted by Crippen LogP contribution is -2.15. The first-order valence-electron chi connectivity index (χ1n) is 5.03. The number of nitrogens with zero attached hydrogens (tertiary/aromatic N) is 1. The molecule has 6 heteroatoms. The second kappa shape index (κ2) is 3.97. The van der Waals surface area contributed by atoms with E-state index >= 15 is 0 Å². The van der Waals surface area contributed by atoms with E-state index in [1.807, 2.05) is 25.1 Å². The van der Waals surface area contributed by atoms with Crippen molar-refractivity contribution in [1.29, 1.82) is 0 Å². The lowest BCUT2D eigenvalue weighted by atomic mass is 10.1. The maximum Gasteiger partial charge on any atom is 0.241 e. The molecule has 0 radical (unpaired) electrons. The normalized spacial score (nSPS) is 11.7. The molecule has 0 saturated heterocycles. The van der Waals surface area contributed by atoms with Gasteiger partial charge in [0.05, 0.1) is 11.2 Å². The van der Waals surface area contributed by atoms with Crippen LogP contribution in [0, 0.1) is 6.92 Å². The van der Waals surface area contributed by atoms with Gasteiger partial charge >= 0.3 is 0 Å². The van der Waals surface area contributed by atoms with E-state index in [9.17, 15) is 8.42 Å². The van der Waals surface area contributed by atoms with Gasteiger partial charge in [-0.05, 0) is 18.6 Å². The monoisotopic (exact) mass is 251 g/mol. The number of pyridine rings is 1. The highest BCUT2D eigenvalue weighted by Crippen LogP contribution is 2.28. The summed E-state index contributed by atoms with van der Waals surface area (Å²) in [5.41, 5.74) is 2.29. The number of hydrogen-bond acceptors (Lipinski definition) is 4. The topological polar surface area (TPSA) is 85.1 Å². The van der Waals surface area contributed by atoms with Crippen LogP contribution in [0.5, 0.6) is 0 Å². The molecule has 0 aliphatic rings. The molecule has 0 bridgehead atoms. The third kappa shape index (κ3) is 2.09. The zero-order chi connectivity index (χ0) is 12.6. The number of aryl methyl sites for hydroxylation is 1. The molecular weight excluding hydrogens is 238 g/mol. The van der Waals surface area contributed by atoms with Crippen LogP contribution in [-0.4, -0.2) is 20.4 Å². The van der Waals surface area contributed by atoms with E-state index in [1.165, 1.54) is 6.20 Å². The Balaban J connectivity index is 2.88.